The quantitative estimate of drug-likeness (QED) is 0.340. The fourth-order valence-corrected chi connectivity index (χ4v) is 3.60. The van der Waals surface area contributed by atoms with Crippen LogP contribution in [0.3, 0.4) is 0 Å². The van der Waals surface area contributed by atoms with Gasteiger partial charge in [0, 0.05) is 30.8 Å². The molecule has 146 valence electrons. The largest absolute Gasteiger partial charge is 0.434 e. The molecule has 0 unspecified atom stereocenters. The molecule has 0 fully saturated rings. The molecular weight excluding hydrogens is 498 g/mol. The zero-order valence-corrected chi connectivity index (χ0v) is 18.5. The highest BCUT2D eigenvalue weighted by Gasteiger charge is 2.33. The van der Waals surface area contributed by atoms with Crippen molar-refractivity contribution in [1.82, 2.24) is 20.6 Å². The lowest BCUT2D eigenvalue weighted by atomic mass is 10.2. The molecule has 0 radical (unpaired) electrons. The molecule has 2 aromatic heterocycles. The summed E-state index contributed by atoms with van der Waals surface area (Å²) >= 11 is 2.60. The van der Waals surface area contributed by atoms with E-state index in [4.69, 9.17) is 0 Å². The number of nitrogens with zero attached hydrogens (tertiary/aromatic N) is 3. The number of nitrogens with one attached hydrogen (secondary N) is 2. The Labute approximate surface area is 175 Å². The summed E-state index contributed by atoms with van der Waals surface area (Å²) in [5.41, 5.74) is 0.230. The van der Waals surface area contributed by atoms with Crippen LogP contribution in [0.15, 0.2) is 15.8 Å². The average Bonchev–Trinajstić information content (AvgIpc) is 3.19. The monoisotopic (exact) mass is 519 g/mol. The van der Waals surface area contributed by atoms with Crippen LogP contribution in [0.2, 0.25) is 0 Å². The molecule has 11 heteroatoms. The van der Waals surface area contributed by atoms with E-state index in [1.807, 2.05) is 5.38 Å². The lowest BCUT2D eigenvalue weighted by molar-refractivity contribution is -0.140. The zero-order chi connectivity index (χ0) is 18.4. The topological polar surface area (TPSA) is 62.2 Å². The van der Waals surface area contributed by atoms with Gasteiger partial charge in [-0.2, -0.15) is 13.2 Å². The third-order valence-corrected chi connectivity index (χ3v) is 5.04. The summed E-state index contributed by atoms with van der Waals surface area (Å²) in [5.74, 6) is 0.969. The van der Waals surface area contributed by atoms with E-state index in [-0.39, 0.29) is 24.0 Å². The number of halogens is 4. The predicted octanol–water partition coefficient (Wildman–Crippen LogP) is 4.27. The van der Waals surface area contributed by atoms with E-state index in [1.54, 1.807) is 18.4 Å². The Kier molecular flexibility index (Phi) is 9.24. The van der Waals surface area contributed by atoms with E-state index in [0.717, 1.165) is 27.4 Å². The number of hydrogen-bond acceptors (Lipinski definition) is 5. The molecule has 0 amide bonds. The Hall–Kier alpha value is -0.950. The van der Waals surface area contributed by atoms with Crippen LogP contribution in [0.5, 0.6) is 0 Å². The van der Waals surface area contributed by atoms with Gasteiger partial charge in [-0.05, 0) is 5.92 Å². The zero-order valence-electron chi connectivity index (χ0n) is 14.6. The van der Waals surface area contributed by atoms with Gasteiger partial charge in [-0.25, -0.2) is 9.97 Å². The minimum atomic E-state index is -4.39. The highest BCUT2D eigenvalue weighted by molar-refractivity contribution is 14.0. The number of alkyl halides is 3. The Balaban J connectivity index is 0.00000338. The molecule has 0 aliphatic rings. The van der Waals surface area contributed by atoms with Crippen molar-refractivity contribution in [3.05, 3.63) is 32.2 Å². The molecule has 2 heterocycles. The number of rotatable bonds is 6. The third-order valence-electron chi connectivity index (χ3n) is 3.27. The fraction of sp³-hybridized carbons (Fsp3) is 0.533. The van der Waals surface area contributed by atoms with Gasteiger partial charge in [-0.3, -0.25) is 4.99 Å². The summed E-state index contributed by atoms with van der Waals surface area (Å²) in [6, 6.07) is 0. The minimum Gasteiger partial charge on any atom is -0.356 e. The maximum Gasteiger partial charge on any atom is 0.434 e. The number of hydrogen-bond donors (Lipinski definition) is 2. The summed E-state index contributed by atoms with van der Waals surface area (Å²) in [7, 11) is 1.64. The highest BCUT2D eigenvalue weighted by atomic mass is 127. The SMILES string of the molecule is CN=C(NCCc1nc(C(F)(F)F)cs1)NCc1nc(C(C)C)cs1.I. The highest BCUT2D eigenvalue weighted by Crippen LogP contribution is 2.30. The third kappa shape index (κ3) is 6.99. The summed E-state index contributed by atoms with van der Waals surface area (Å²) in [6.07, 6.45) is -3.99. The van der Waals surface area contributed by atoms with Crippen molar-refractivity contribution in [2.75, 3.05) is 13.6 Å². The molecule has 2 rings (SSSR count). The Bertz CT molecular complexity index is 712. The van der Waals surface area contributed by atoms with Crippen molar-refractivity contribution in [3.8, 4) is 0 Å². The minimum absolute atomic E-state index is 0. The molecule has 0 spiro atoms. The first-order chi connectivity index (χ1) is 11.8. The van der Waals surface area contributed by atoms with Gasteiger partial charge >= 0.3 is 6.18 Å². The van der Waals surface area contributed by atoms with Gasteiger partial charge in [0.1, 0.15) is 5.01 Å². The van der Waals surface area contributed by atoms with Crippen molar-refractivity contribution < 1.29 is 13.2 Å². The summed E-state index contributed by atoms with van der Waals surface area (Å²) in [4.78, 5) is 12.2. The summed E-state index contributed by atoms with van der Waals surface area (Å²) < 4.78 is 37.5. The Morgan fingerprint density at radius 1 is 1.15 bits per heavy atom. The van der Waals surface area contributed by atoms with Gasteiger partial charge in [0.15, 0.2) is 11.7 Å². The molecule has 0 aliphatic heterocycles. The fourth-order valence-electron chi connectivity index (χ4n) is 1.90. The molecule has 26 heavy (non-hydrogen) atoms. The van der Waals surface area contributed by atoms with Crippen LogP contribution in [0.4, 0.5) is 13.2 Å². The molecular formula is C15H21F3IN5S2. The van der Waals surface area contributed by atoms with Crippen LogP contribution in [0.1, 0.15) is 41.2 Å². The molecule has 0 saturated heterocycles. The first-order valence-corrected chi connectivity index (χ1v) is 9.46. The van der Waals surface area contributed by atoms with E-state index in [0.29, 0.717) is 36.4 Å². The van der Waals surface area contributed by atoms with E-state index in [1.165, 1.54) is 0 Å². The summed E-state index contributed by atoms with van der Waals surface area (Å²) in [6.45, 7) is 5.18. The molecule has 0 saturated carbocycles. The van der Waals surface area contributed by atoms with Gasteiger partial charge in [0.2, 0.25) is 0 Å². The van der Waals surface area contributed by atoms with Crippen LogP contribution in [0, 0.1) is 0 Å². The van der Waals surface area contributed by atoms with E-state index in [9.17, 15) is 13.2 Å². The second-order valence-corrected chi connectivity index (χ2v) is 7.43. The molecule has 0 aromatic carbocycles. The van der Waals surface area contributed by atoms with Crippen molar-refractivity contribution >= 4 is 52.6 Å². The second kappa shape index (κ2) is 10.4. The molecule has 2 N–H and O–H groups in total. The van der Waals surface area contributed by atoms with E-state index in [2.05, 4.69) is 39.4 Å². The van der Waals surface area contributed by atoms with Crippen LogP contribution in [-0.4, -0.2) is 29.5 Å². The lowest BCUT2D eigenvalue weighted by Gasteiger charge is -2.10. The maximum absolute atomic E-state index is 12.5. The van der Waals surface area contributed by atoms with Crippen molar-refractivity contribution in [1.29, 1.82) is 0 Å². The Morgan fingerprint density at radius 2 is 1.85 bits per heavy atom. The average molecular weight is 519 g/mol. The van der Waals surface area contributed by atoms with Crippen LogP contribution in [0.25, 0.3) is 0 Å². The molecule has 0 aliphatic carbocycles. The number of thiazole rings is 2. The predicted molar refractivity (Wildman–Crippen MR) is 111 cm³/mol. The van der Waals surface area contributed by atoms with Gasteiger partial charge in [0.25, 0.3) is 0 Å². The normalized spacial score (nSPS) is 12.2. The smallest absolute Gasteiger partial charge is 0.356 e. The van der Waals surface area contributed by atoms with Crippen LogP contribution in [-0.2, 0) is 19.1 Å². The van der Waals surface area contributed by atoms with Gasteiger partial charge in [0.05, 0.1) is 17.2 Å². The van der Waals surface area contributed by atoms with Gasteiger partial charge in [-0.1, -0.05) is 13.8 Å². The Morgan fingerprint density at radius 3 is 2.38 bits per heavy atom. The standard InChI is InChI=1S/C15H20F3N5S2.HI/c1-9(2)10-7-24-13(22-10)6-21-14(19-3)20-5-4-12-23-11(8-25-12)15(16,17)18;/h7-9H,4-6H2,1-3H3,(H2,19,20,21);1H. The van der Waals surface area contributed by atoms with E-state index < -0.39 is 11.9 Å². The number of aliphatic imine (C=N–C) groups is 1. The van der Waals surface area contributed by atoms with E-state index >= 15 is 0 Å². The molecule has 0 atom stereocenters. The maximum atomic E-state index is 12.5. The van der Waals surface area contributed by atoms with Crippen molar-refractivity contribution in [2.45, 2.75) is 38.9 Å². The number of aromatic nitrogens is 2. The van der Waals surface area contributed by atoms with Crippen LogP contribution < -0.4 is 10.6 Å². The van der Waals surface area contributed by atoms with Crippen molar-refractivity contribution in [2.24, 2.45) is 4.99 Å². The second-order valence-electron chi connectivity index (χ2n) is 5.55. The van der Waals surface area contributed by atoms with Gasteiger partial charge < -0.3 is 10.6 Å². The first-order valence-electron chi connectivity index (χ1n) is 7.70. The molecule has 2 aromatic rings. The van der Waals surface area contributed by atoms with Gasteiger partial charge in [-0.15, -0.1) is 46.7 Å². The number of guanidine groups is 1. The molecule has 5 nitrogen and oxygen atoms in total. The first kappa shape index (κ1) is 23.1. The summed E-state index contributed by atoms with van der Waals surface area (Å²) in [5, 5.41) is 10.7. The molecule has 0 bridgehead atoms. The lowest BCUT2D eigenvalue weighted by Crippen LogP contribution is -2.37. The van der Waals surface area contributed by atoms with Crippen LogP contribution >= 0.6 is 46.7 Å². The van der Waals surface area contributed by atoms with Crippen molar-refractivity contribution in [3.63, 3.8) is 0 Å².